The first kappa shape index (κ1) is 17.4. The van der Waals surface area contributed by atoms with Crippen molar-refractivity contribution in [3.63, 3.8) is 0 Å². The first-order valence-electron chi connectivity index (χ1n) is 7.45. The van der Waals surface area contributed by atoms with Crippen molar-refractivity contribution in [2.45, 2.75) is 38.1 Å². The number of rotatable bonds is 7. The summed E-state index contributed by atoms with van der Waals surface area (Å²) in [6.45, 7) is 2.24. The van der Waals surface area contributed by atoms with Gasteiger partial charge >= 0.3 is 5.97 Å². The number of amides is 1. The van der Waals surface area contributed by atoms with Gasteiger partial charge in [-0.05, 0) is 38.3 Å². The molecular formula is C16H20ClNO5. The molecule has 1 aliphatic carbocycles. The molecule has 1 aromatic carbocycles. The highest BCUT2D eigenvalue weighted by Crippen LogP contribution is 2.38. The van der Waals surface area contributed by atoms with E-state index in [9.17, 15) is 9.59 Å². The molecule has 0 aliphatic heterocycles. The van der Waals surface area contributed by atoms with Crippen molar-refractivity contribution in [3.8, 4) is 11.5 Å². The third-order valence-corrected chi connectivity index (χ3v) is 4.24. The maximum Gasteiger partial charge on any atom is 0.305 e. The highest BCUT2D eigenvalue weighted by Gasteiger charge is 2.40. The number of carboxylic acids is 1. The van der Waals surface area contributed by atoms with Crippen LogP contribution in [0.15, 0.2) is 12.1 Å². The molecule has 0 aromatic heterocycles. The summed E-state index contributed by atoms with van der Waals surface area (Å²) in [5.74, 6) is -0.538. The van der Waals surface area contributed by atoms with Crippen molar-refractivity contribution in [2.24, 2.45) is 0 Å². The second-order valence-corrected chi connectivity index (χ2v) is 5.99. The summed E-state index contributed by atoms with van der Waals surface area (Å²) in [6, 6.07) is 3.04. The number of benzene rings is 1. The Balaban J connectivity index is 2.22. The normalized spacial score (nSPS) is 15.4. The lowest BCUT2D eigenvalue weighted by atomic mass is 9.74. The molecule has 23 heavy (non-hydrogen) atoms. The summed E-state index contributed by atoms with van der Waals surface area (Å²) < 4.78 is 10.6. The molecule has 0 atom stereocenters. The van der Waals surface area contributed by atoms with Gasteiger partial charge in [-0.1, -0.05) is 11.6 Å². The fourth-order valence-electron chi connectivity index (χ4n) is 2.69. The van der Waals surface area contributed by atoms with Gasteiger partial charge in [0.05, 0.1) is 30.7 Å². The number of carbonyl (C=O) groups excluding carboxylic acids is 1. The van der Waals surface area contributed by atoms with Crippen molar-refractivity contribution in [1.82, 2.24) is 5.32 Å². The van der Waals surface area contributed by atoms with Gasteiger partial charge in [-0.25, -0.2) is 0 Å². The molecule has 126 valence electrons. The molecule has 1 aliphatic rings. The van der Waals surface area contributed by atoms with Crippen LogP contribution in [0.5, 0.6) is 11.5 Å². The summed E-state index contributed by atoms with van der Waals surface area (Å²) in [5.41, 5.74) is -0.353. The Morgan fingerprint density at radius 2 is 2.09 bits per heavy atom. The molecule has 2 rings (SSSR count). The smallest absolute Gasteiger partial charge is 0.305 e. The van der Waals surface area contributed by atoms with Crippen LogP contribution in [-0.4, -0.2) is 36.2 Å². The molecule has 0 unspecified atom stereocenters. The monoisotopic (exact) mass is 341 g/mol. The molecule has 1 fully saturated rings. The average molecular weight is 342 g/mol. The minimum atomic E-state index is -0.924. The number of halogens is 1. The maximum absolute atomic E-state index is 12.5. The highest BCUT2D eigenvalue weighted by atomic mass is 35.5. The lowest BCUT2D eigenvalue weighted by Gasteiger charge is -2.41. The Labute approximate surface area is 139 Å². The van der Waals surface area contributed by atoms with E-state index in [-0.39, 0.29) is 17.4 Å². The quantitative estimate of drug-likeness (QED) is 0.796. The van der Waals surface area contributed by atoms with Crippen LogP contribution in [0.4, 0.5) is 0 Å². The second kappa shape index (κ2) is 7.08. The summed E-state index contributed by atoms with van der Waals surface area (Å²) >= 11 is 6.16. The second-order valence-electron chi connectivity index (χ2n) is 5.58. The van der Waals surface area contributed by atoms with Crippen LogP contribution in [0, 0.1) is 0 Å². The topological polar surface area (TPSA) is 84.9 Å². The number of carboxylic acid groups (broad SMARTS) is 1. The molecule has 1 amide bonds. The Hall–Kier alpha value is -1.95. The molecular weight excluding hydrogens is 322 g/mol. The van der Waals surface area contributed by atoms with Gasteiger partial charge in [-0.15, -0.1) is 0 Å². The van der Waals surface area contributed by atoms with E-state index in [4.69, 9.17) is 26.2 Å². The molecule has 0 heterocycles. The fourth-order valence-corrected chi connectivity index (χ4v) is 2.95. The zero-order valence-corrected chi connectivity index (χ0v) is 13.9. The van der Waals surface area contributed by atoms with Gasteiger partial charge in [-0.2, -0.15) is 0 Å². The Kier molecular flexibility index (Phi) is 5.36. The van der Waals surface area contributed by atoms with Crippen LogP contribution in [0.3, 0.4) is 0 Å². The van der Waals surface area contributed by atoms with Crippen molar-refractivity contribution in [3.05, 3.63) is 22.7 Å². The number of methoxy groups -OCH3 is 1. The van der Waals surface area contributed by atoms with Crippen molar-refractivity contribution in [1.29, 1.82) is 0 Å². The largest absolute Gasteiger partial charge is 0.493 e. The van der Waals surface area contributed by atoms with Crippen molar-refractivity contribution in [2.75, 3.05) is 13.7 Å². The van der Waals surface area contributed by atoms with Crippen molar-refractivity contribution < 1.29 is 24.2 Å². The van der Waals surface area contributed by atoms with Crippen LogP contribution in [0.1, 0.15) is 43.0 Å². The third-order valence-electron chi connectivity index (χ3n) is 3.96. The zero-order valence-electron chi connectivity index (χ0n) is 13.1. The minimum Gasteiger partial charge on any atom is -0.493 e. The van der Waals surface area contributed by atoms with Gasteiger partial charge < -0.3 is 19.9 Å². The van der Waals surface area contributed by atoms with Gasteiger partial charge in [0.1, 0.15) is 0 Å². The maximum atomic E-state index is 12.5. The number of nitrogens with one attached hydrogen (secondary N) is 1. The summed E-state index contributed by atoms with van der Waals surface area (Å²) in [4.78, 5) is 23.5. The highest BCUT2D eigenvalue weighted by molar-refractivity contribution is 6.32. The predicted molar refractivity (Wildman–Crippen MR) is 85.5 cm³/mol. The van der Waals surface area contributed by atoms with Crippen LogP contribution in [0.25, 0.3) is 0 Å². The van der Waals surface area contributed by atoms with E-state index >= 15 is 0 Å². The van der Waals surface area contributed by atoms with Crippen LogP contribution in [0.2, 0.25) is 5.02 Å². The molecule has 6 nitrogen and oxygen atoms in total. The van der Waals surface area contributed by atoms with Gasteiger partial charge in [0.25, 0.3) is 5.91 Å². The summed E-state index contributed by atoms with van der Waals surface area (Å²) in [7, 11) is 1.47. The minimum absolute atomic E-state index is 0.0827. The summed E-state index contributed by atoms with van der Waals surface area (Å²) in [5, 5.41) is 12.1. The van der Waals surface area contributed by atoms with Crippen LogP contribution < -0.4 is 14.8 Å². The van der Waals surface area contributed by atoms with Gasteiger partial charge in [0.2, 0.25) is 0 Å². The van der Waals surface area contributed by atoms with Gasteiger partial charge in [0.15, 0.2) is 11.5 Å². The van der Waals surface area contributed by atoms with E-state index in [1.807, 2.05) is 6.92 Å². The number of carbonyl (C=O) groups is 2. The summed E-state index contributed by atoms with van der Waals surface area (Å²) in [6.07, 6.45) is 2.14. The van der Waals surface area contributed by atoms with Crippen molar-refractivity contribution >= 4 is 23.5 Å². The SMILES string of the molecule is CCOc1c(Cl)cc(C(=O)NC2(CC(=O)O)CCC2)cc1OC. The first-order chi connectivity index (χ1) is 10.9. The number of hydrogen-bond donors (Lipinski definition) is 2. The van der Waals surface area contributed by atoms with E-state index in [2.05, 4.69) is 5.32 Å². The van der Waals surface area contributed by atoms with Crippen LogP contribution in [-0.2, 0) is 4.79 Å². The zero-order chi connectivity index (χ0) is 17.0. The lowest BCUT2D eigenvalue weighted by Crippen LogP contribution is -2.54. The predicted octanol–water partition coefficient (Wildman–Crippen LogP) is 2.87. The average Bonchev–Trinajstić information content (AvgIpc) is 2.46. The molecule has 1 aromatic rings. The Bertz CT molecular complexity index is 613. The standard InChI is InChI=1S/C16H20ClNO5/c1-3-23-14-11(17)7-10(8-12(14)22-2)15(21)18-16(5-4-6-16)9-13(19)20/h7-8H,3-6,9H2,1-2H3,(H,18,21)(H,19,20). The fraction of sp³-hybridized carbons (Fsp3) is 0.500. The molecule has 0 saturated heterocycles. The molecule has 0 spiro atoms. The Morgan fingerprint density at radius 1 is 1.39 bits per heavy atom. The van der Waals surface area contributed by atoms with Gasteiger partial charge in [-0.3, -0.25) is 9.59 Å². The molecule has 2 N–H and O–H groups in total. The molecule has 1 saturated carbocycles. The van der Waals surface area contributed by atoms with Gasteiger partial charge in [0, 0.05) is 5.56 Å². The Morgan fingerprint density at radius 3 is 2.57 bits per heavy atom. The van der Waals surface area contributed by atoms with Crippen LogP contribution >= 0.6 is 11.6 Å². The lowest BCUT2D eigenvalue weighted by molar-refractivity contribution is -0.139. The number of ether oxygens (including phenoxy) is 2. The van der Waals surface area contributed by atoms with E-state index in [1.54, 1.807) is 6.07 Å². The van der Waals surface area contributed by atoms with E-state index in [0.29, 0.717) is 36.5 Å². The number of aliphatic carboxylic acids is 1. The molecule has 0 bridgehead atoms. The van der Waals surface area contributed by atoms with E-state index < -0.39 is 11.5 Å². The molecule has 0 radical (unpaired) electrons. The molecule has 7 heteroatoms. The van der Waals surface area contributed by atoms with E-state index in [1.165, 1.54) is 13.2 Å². The third kappa shape index (κ3) is 3.88. The van der Waals surface area contributed by atoms with E-state index in [0.717, 1.165) is 6.42 Å². The first-order valence-corrected chi connectivity index (χ1v) is 7.83. The number of hydrogen-bond acceptors (Lipinski definition) is 4.